The van der Waals surface area contributed by atoms with Crippen LogP contribution in [0.5, 0.6) is 5.75 Å². The Morgan fingerprint density at radius 2 is 2.20 bits per heavy atom. The standard InChI is InChI=1S/C16H17N3O/c1-13(16-7-2-3-9-18-16)19-12-14-5-4-6-15(11-14)20-10-8-17/h2-7,9,11,13,19H,10,12H2,1H3. The second kappa shape index (κ2) is 7.27. The average Bonchev–Trinajstić information content (AvgIpc) is 2.52. The molecular formula is C16H17N3O. The van der Waals surface area contributed by atoms with E-state index in [0.29, 0.717) is 0 Å². The first-order chi connectivity index (χ1) is 9.79. The van der Waals surface area contributed by atoms with Crippen molar-refractivity contribution in [3.8, 4) is 11.8 Å². The third-order valence-electron chi connectivity index (χ3n) is 2.95. The van der Waals surface area contributed by atoms with Crippen LogP contribution in [0.15, 0.2) is 48.7 Å². The highest BCUT2D eigenvalue weighted by Gasteiger charge is 2.05. The molecule has 1 unspecified atom stereocenters. The number of hydrogen-bond acceptors (Lipinski definition) is 4. The number of benzene rings is 1. The van der Waals surface area contributed by atoms with E-state index in [1.54, 1.807) is 6.20 Å². The molecule has 0 spiro atoms. The van der Waals surface area contributed by atoms with Gasteiger partial charge >= 0.3 is 0 Å². The molecule has 4 nitrogen and oxygen atoms in total. The Kier molecular flexibility index (Phi) is 5.10. The largest absolute Gasteiger partial charge is 0.479 e. The molecule has 1 heterocycles. The van der Waals surface area contributed by atoms with Crippen LogP contribution in [0.3, 0.4) is 0 Å². The lowest BCUT2D eigenvalue weighted by Gasteiger charge is -2.13. The van der Waals surface area contributed by atoms with Crippen LogP contribution in [0, 0.1) is 11.3 Å². The van der Waals surface area contributed by atoms with Gasteiger partial charge in [0.2, 0.25) is 0 Å². The van der Waals surface area contributed by atoms with Gasteiger partial charge in [-0.3, -0.25) is 4.98 Å². The lowest BCUT2D eigenvalue weighted by molar-refractivity contribution is 0.367. The Balaban J connectivity index is 1.92. The molecule has 102 valence electrons. The third kappa shape index (κ3) is 4.08. The minimum Gasteiger partial charge on any atom is -0.479 e. The lowest BCUT2D eigenvalue weighted by atomic mass is 10.1. The van der Waals surface area contributed by atoms with Crippen LogP contribution in [0.2, 0.25) is 0 Å². The quantitative estimate of drug-likeness (QED) is 0.874. The molecule has 2 aromatic rings. The van der Waals surface area contributed by atoms with Crippen molar-refractivity contribution in [1.82, 2.24) is 10.3 Å². The summed E-state index contributed by atoms with van der Waals surface area (Å²) in [5.41, 5.74) is 2.13. The Labute approximate surface area is 119 Å². The Bertz CT molecular complexity index is 578. The van der Waals surface area contributed by atoms with E-state index in [1.807, 2.05) is 48.5 Å². The first-order valence-electron chi connectivity index (χ1n) is 6.52. The monoisotopic (exact) mass is 267 g/mol. The highest BCUT2D eigenvalue weighted by molar-refractivity contribution is 5.28. The summed E-state index contributed by atoms with van der Waals surface area (Å²) in [5.74, 6) is 0.719. The minimum atomic E-state index is 0.0707. The SMILES string of the molecule is CC(NCc1cccc(OCC#N)c1)c1ccccn1. The summed E-state index contributed by atoms with van der Waals surface area (Å²) in [6, 6.07) is 15.8. The second-order valence-corrected chi connectivity index (χ2v) is 4.45. The summed E-state index contributed by atoms with van der Waals surface area (Å²) in [6.07, 6.45) is 1.80. The fourth-order valence-electron chi connectivity index (χ4n) is 1.87. The maximum absolute atomic E-state index is 8.50. The van der Waals surface area contributed by atoms with Crippen LogP contribution >= 0.6 is 0 Å². The number of nitriles is 1. The Morgan fingerprint density at radius 3 is 2.95 bits per heavy atom. The zero-order valence-electron chi connectivity index (χ0n) is 11.4. The molecule has 1 aromatic heterocycles. The average molecular weight is 267 g/mol. The van der Waals surface area contributed by atoms with Crippen molar-refractivity contribution in [2.45, 2.75) is 19.5 Å². The third-order valence-corrected chi connectivity index (χ3v) is 2.95. The number of pyridine rings is 1. The smallest absolute Gasteiger partial charge is 0.174 e. The number of nitrogens with zero attached hydrogens (tertiary/aromatic N) is 2. The summed E-state index contributed by atoms with van der Waals surface area (Å²) < 4.78 is 5.29. The summed E-state index contributed by atoms with van der Waals surface area (Å²) in [4.78, 5) is 4.33. The molecule has 0 aliphatic heterocycles. The molecule has 0 saturated heterocycles. The van der Waals surface area contributed by atoms with Crippen molar-refractivity contribution >= 4 is 0 Å². The van der Waals surface area contributed by atoms with Crippen LogP contribution in [0.1, 0.15) is 24.2 Å². The van der Waals surface area contributed by atoms with Crippen molar-refractivity contribution in [3.05, 3.63) is 59.9 Å². The van der Waals surface area contributed by atoms with Crippen molar-refractivity contribution < 1.29 is 4.74 Å². The molecule has 2 rings (SSSR count). The molecule has 20 heavy (non-hydrogen) atoms. The number of ether oxygens (including phenoxy) is 1. The molecule has 0 bridgehead atoms. The van der Waals surface area contributed by atoms with Crippen LogP contribution in [-0.4, -0.2) is 11.6 Å². The van der Waals surface area contributed by atoms with E-state index in [0.717, 1.165) is 23.6 Å². The van der Waals surface area contributed by atoms with Gasteiger partial charge in [-0.1, -0.05) is 18.2 Å². The van der Waals surface area contributed by atoms with Gasteiger partial charge in [-0.2, -0.15) is 5.26 Å². The van der Waals surface area contributed by atoms with Gasteiger partial charge in [-0.15, -0.1) is 0 Å². The summed E-state index contributed by atoms with van der Waals surface area (Å²) in [7, 11) is 0. The molecule has 4 heteroatoms. The first kappa shape index (κ1) is 14.0. The van der Waals surface area contributed by atoms with Gasteiger partial charge in [0, 0.05) is 18.8 Å². The zero-order chi connectivity index (χ0) is 14.2. The minimum absolute atomic E-state index is 0.0707. The maximum atomic E-state index is 8.50. The van der Waals surface area contributed by atoms with Crippen LogP contribution < -0.4 is 10.1 Å². The predicted octanol–water partition coefficient (Wildman–Crippen LogP) is 2.83. The van der Waals surface area contributed by atoms with E-state index in [2.05, 4.69) is 17.2 Å². The van der Waals surface area contributed by atoms with E-state index in [-0.39, 0.29) is 12.6 Å². The Morgan fingerprint density at radius 1 is 1.30 bits per heavy atom. The molecule has 0 fully saturated rings. The predicted molar refractivity (Wildman–Crippen MR) is 77.0 cm³/mol. The molecular weight excluding hydrogens is 250 g/mol. The van der Waals surface area contributed by atoms with Crippen LogP contribution in [0.4, 0.5) is 0 Å². The fraction of sp³-hybridized carbons (Fsp3) is 0.250. The lowest BCUT2D eigenvalue weighted by Crippen LogP contribution is -2.18. The van der Waals surface area contributed by atoms with E-state index >= 15 is 0 Å². The van der Waals surface area contributed by atoms with Gasteiger partial charge in [0.1, 0.15) is 11.8 Å². The van der Waals surface area contributed by atoms with Gasteiger partial charge in [-0.25, -0.2) is 0 Å². The van der Waals surface area contributed by atoms with Crippen molar-refractivity contribution in [1.29, 1.82) is 5.26 Å². The van der Waals surface area contributed by atoms with Gasteiger partial charge in [-0.05, 0) is 36.8 Å². The molecule has 1 N–H and O–H groups in total. The van der Waals surface area contributed by atoms with E-state index < -0.39 is 0 Å². The van der Waals surface area contributed by atoms with Crippen molar-refractivity contribution in [2.24, 2.45) is 0 Å². The molecule has 0 aliphatic carbocycles. The van der Waals surface area contributed by atoms with Crippen molar-refractivity contribution in [2.75, 3.05) is 6.61 Å². The van der Waals surface area contributed by atoms with Crippen LogP contribution in [-0.2, 0) is 6.54 Å². The molecule has 1 atom stereocenters. The fourth-order valence-corrected chi connectivity index (χ4v) is 1.87. The molecule has 1 aromatic carbocycles. The summed E-state index contributed by atoms with van der Waals surface area (Å²) in [6.45, 7) is 2.88. The summed E-state index contributed by atoms with van der Waals surface area (Å²) >= 11 is 0. The maximum Gasteiger partial charge on any atom is 0.174 e. The topological polar surface area (TPSA) is 57.9 Å². The highest BCUT2D eigenvalue weighted by atomic mass is 16.5. The van der Waals surface area contributed by atoms with Crippen LogP contribution in [0.25, 0.3) is 0 Å². The van der Waals surface area contributed by atoms with Gasteiger partial charge in [0.15, 0.2) is 6.61 Å². The van der Waals surface area contributed by atoms with E-state index in [1.165, 1.54) is 0 Å². The number of nitrogens with one attached hydrogen (secondary N) is 1. The highest BCUT2D eigenvalue weighted by Crippen LogP contribution is 2.15. The molecule has 0 amide bonds. The number of hydrogen-bond donors (Lipinski definition) is 1. The number of rotatable bonds is 6. The number of aromatic nitrogens is 1. The zero-order valence-corrected chi connectivity index (χ0v) is 11.4. The van der Waals surface area contributed by atoms with Gasteiger partial charge in [0.25, 0.3) is 0 Å². The Hall–Kier alpha value is -2.38. The van der Waals surface area contributed by atoms with Gasteiger partial charge in [0.05, 0.1) is 5.69 Å². The first-order valence-corrected chi connectivity index (χ1v) is 6.52. The molecule has 0 saturated carbocycles. The van der Waals surface area contributed by atoms with Crippen molar-refractivity contribution in [3.63, 3.8) is 0 Å². The molecule has 0 aliphatic rings. The molecule has 0 radical (unpaired) electrons. The van der Waals surface area contributed by atoms with Gasteiger partial charge < -0.3 is 10.1 Å². The normalized spacial score (nSPS) is 11.6. The van der Waals surface area contributed by atoms with E-state index in [9.17, 15) is 0 Å². The summed E-state index contributed by atoms with van der Waals surface area (Å²) in [5, 5.41) is 11.9. The van der Waals surface area contributed by atoms with E-state index in [4.69, 9.17) is 10.00 Å². The second-order valence-electron chi connectivity index (χ2n) is 4.45.